The van der Waals surface area contributed by atoms with Gasteiger partial charge in [-0.1, -0.05) is 0 Å². The van der Waals surface area contributed by atoms with Crippen molar-refractivity contribution < 1.29 is 23.9 Å². The third-order valence-corrected chi connectivity index (χ3v) is 3.06. The number of methoxy groups -OCH3 is 2. The number of hydrogen-bond donors (Lipinski definition) is 1. The molecule has 1 aromatic heterocycles. The monoisotopic (exact) mass is 358 g/mol. The van der Waals surface area contributed by atoms with E-state index in [9.17, 15) is 14.4 Å². The van der Waals surface area contributed by atoms with Crippen molar-refractivity contribution in [3.05, 3.63) is 28.5 Å². The van der Waals surface area contributed by atoms with Gasteiger partial charge in [-0.15, -0.1) is 0 Å². The van der Waals surface area contributed by atoms with E-state index < -0.39 is 23.9 Å². The molecule has 0 aliphatic carbocycles. The second kappa shape index (κ2) is 8.35. The van der Waals surface area contributed by atoms with Gasteiger partial charge in [0.1, 0.15) is 6.04 Å². The predicted molar refractivity (Wildman–Crippen MR) is 76.5 cm³/mol. The Balaban J connectivity index is 2.73. The summed E-state index contributed by atoms with van der Waals surface area (Å²) in [5, 5.41) is 2.51. The normalized spacial score (nSPS) is 11.4. The van der Waals surface area contributed by atoms with Crippen molar-refractivity contribution in [2.45, 2.75) is 18.9 Å². The third kappa shape index (κ3) is 5.50. The molecule has 114 valence electrons. The molecule has 1 atom stereocenters. The average Bonchev–Trinajstić information content (AvgIpc) is 2.49. The highest BCUT2D eigenvalue weighted by Gasteiger charge is 2.23. The lowest BCUT2D eigenvalue weighted by Gasteiger charge is -2.15. The van der Waals surface area contributed by atoms with Gasteiger partial charge < -0.3 is 14.8 Å². The van der Waals surface area contributed by atoms with Crippen LogP contribution in [0.3, 0.4) is 0 Å². The zero-order valence-electron chi connectivity index (χ0n) is 11.6. The Morgan fingerprint density at radius 3 is 2.57 bits per heavy atom. The molecule has 1 N–H and O–H groups in total. The van der Waals surface area contributed by atoms with Gasteiger partial charge in [0.2, 0.25) is 0 Å². The van der Waals surface area contributed by atoms with Crippen molar-refractivity contribution in [2.24, 2.45) is 0 Å². The Morgan fingerprint density at radius 2 is 2.00 bits per heavy atom. The molecule has 1 rings (SSSR count). The Morgan fingerprint density at radius 1 is 1.29 bits per heavy atom. The molecule has 1 amide bonds. The molecule has 7 nitrogen and oxygen atoms in total. The number of rotatable bonds is 6. The number of aromatic nitrogens is 1. The summed E-state index contributed by atoms with van der Waals surface area (Å²) in [4.78, 5) is 38.7. The van der Waals surface area contributed by atoms with Crippen molar-refractivity contribution in [1.82, 2.24) is 10.3 Å². The zero-order valence-corrected chi connectivity index (χ0v) is 13.2. The molecule has 0 aliphatic rings. The SMILES string of the molecule is COC(=O)CC[C@@H](NC(=O)c1cncc(Br)c1)C(=O)OC. The van der Waals surface area contributed by atoms with Crippen LogP contribution in [0, 0.1) is 0 Å². The minimum absolute atomic E-state index is 0.00667. The van der Waals surface area contributed by atoms with Gasteiger partial charge in [0.15, 0.2) is 0 Å². The molecule has 0 aromatic carbocycles. The minimum Gasteiger partial charge on any atom is -0.469 e. The van der Waals surface area contributed by atoms with E-state index in [4.69, 9.17) is 0 Å². The highest BCUT2D eigenvalue weighted by molar-refractivity contribution is 9.10. The minimum atomic E-state index is -0.930. The Hall–Kier alpha value is -1.96. The summed E-state index contributed by atoms with van der Waals surface area (Å²) in [6.45, 7) is 0. The standard InChI is InChI=1S/C13H15BrN2O5/c1-20-11(17)4-3-10(13(19)21-2)16-12(18)8-5-9(14)7-15-6-8/h5-7,10H,3-4H2,1-2H3,(H,16,18)/t10-/m1/s1. The molecule has 8 heteroatoms. The van der Waals surface area contributed by atoms with E-state index in [0.29, 0.717) is 4.47 Å². The molecule has 0 bridgehead atoms. The quantitative estimate of drug-likeness (QED) is 0.764. The molecule has 1 heterocycles. The number of esters is 2. The van der Waals surface area contributed by atoms with E-state index in [2.05, 4.69) is 35.7 Å². The van der Waals surface area contributed by atoms with Crippen LogP contribution in [0.4, 0.5) is 0 Å². The maximum atomic E-state index is 12.0. The smallest absolute Gasteiger partial charge is 0.328 e. The van der Waals surface area contributed by atoms with Crippen molar-refractivity contribution in [2.75, 3.05) is 14.2 Å². The molecule has 0 unspecified atom stereocenters. The van der Waals surface area contributed by atoms with Gasteiger partial charge in [-0.3, -0.25) is 14.6 Å². The Kier molecular flexibility index (Phi) is 6.80. The average molecular weight is 359 g/mol. The number of halogens is 1. The number of carbonyl (C=O) groups excluding carboxylic acids is 3. The van der Waals surface area contributed by atoms with E-state index in [1.54, 1.807) is 6.07 Å². The summed E-state index contributed by atoms with van der Waals surface area (Å²) in [5.41, 5.74) is 0.288. The third-order valence-electron chi connectivity index (χ3n) is 2.62. The largest absolute Gasteiger partial charge is 0.469 e. The second-order valence-electron chi connectivity index (χ2n) is 4.06. The molecule has 21 heavy (non-hydrogen) atoms. The summed E-state index contributed by atoms with van der Waals surface area (Å²) >= 11 is 3.20. The van der Waals surface area contributed by atoms with Crippen LogP contribution in [0.1, 0.15) is 23.2 Å². The molecule has 0 saturated carbocycles. The highest BCUT2D eigenvalue weighted by atomic mass is 79.9. The van der Waals surface area contributed by atoms with Crippen LogP contribution >= 0.6 is 15.9 Å². The van der Waals surface area contributed by atoms with E-state index in [1.807, 2.05) is 0 Å². The molecule has 0 radical (unpaired) electrons. The maximum absolute atomic E-state index is 12.0. The topological polar surface area (TPSA) is 94.6 Å². The highest BCUT2D eigenvalue weighted by Crippen LogP contribution is 2.10. The van der Waals surface area contributed by atoms with Crippen LogP contribution in [-0.2, 0) is 19.1 Å². The summed E-state index contributed by atoms with van der Waals surface area (Å²) in [7, 11) is 2.46. The number of nitrogens with zero attached hydrogens (tertiary/aromatic N) is 1. The van der Waals surface area contributed by atoms with Gasteiger partial charge in [0, 0.05) is 23.3 Å². The van der Waals surface area contributed by atoms with Crippen molar-refractivity contribution in [3.8, 4) is 0 Å². The lowest BCUT2D eigenvalue weighted by Crippen LogP contribution is -2.41. The summed E-state index contributed by atoms with van der Waals surface area (Å²) in [6, 6.07) is 0.636. The van der Waals surface area contributed by atoms with Crippen LogP contribution in [0.5, 0.6) is 0 Å². The predicted octanol–water partition coefficient (Wildman–Crippen LogP) is 1.07. The van der Waals surface area contributed by atoms with Crippen LogP contribution in [0.25, 0.3) is 0 Å². The van der Waals surface area contributed by atoms with Gasteiger partial charge in [0.25, 0.3) is 5.91 Å². The number of ether oxygens (including phenoxy) is 2. The lowest BCUT2D eigenvalue weighted by atomic mass is 10.1. The van der Waals surface area contributed by atoms with Crippen molar-refractivity contribution in [3.63, 3.8) is 0 Å². The molecule has 0 aliphatic heterocycles. The second-order valence-corrected chi connectivity index (χ2v) is 4.97. The first-order valence-corrected chi connectivity index (χ1v) is 6.83. The fourth-order valence-corrected chi connectivity index (χ4v) is 1.90. The molecule has 0 saturated heterocycles. The van der Waals surface area contributed by atoms with Crippen LogP contribution in [0.15, 0.2) is 22.9 Å². The van der Waals surface area contributed by atoms with Crippen LogP contribution in [-0.4, -0.2) is 43.1 Å². The Labute approximate surface area is 130 Å². The number of nitrogens with one attached hydrogen (secondary N) is 1. The number of amides is 1. The van der Waals surface area contributed by atoms with Crippen LogP contribution < -0.4 is 5.32 Å². The summed E-state index contributed by atoms with van der Waals surface area (Å²) < 4.78 is 9.75. The van der Waals surface area contributed by atoms with E-state index in [0.717, 1.165) is 0 Å². The molecule has 0 spiro atoms. The fourth-order valence-electron chi connectivity index (χ4n) is 1.53. The maximum Gasteiger partial charge on any atom is 0.328 e. The number of hydrogen-bond acceptors (Lipinski definition) is 6. The summed E-state index contributed by atoms with van der Waals surface area (Å²) in [5.74, 6) is -1.58. The molecule has 0 fully saturated rings. The van der Waals surface area contributed by atoms with Crippen molar-refractivity contribution >= 4 is 33.8 Å². The number of pyridine rings is 1. The Bertz CT molecular complexity index is 535. The molecular weight excluding hydrogens is 344 g/mol. The molecular formula is C13H15BrN2O5. The lowest BCUT2D eigenvalue weighted by molar-refractivity contribution is -0.144. The van der Waals surface area contributed by atoms with Gasteiger partial charge in [-0.25, -0.2) is 4.79 Å². The van der Waals surface area contributed by atoms with Crippen molar-refractivity contribution in [1.29, 1.82) is 0 Å². The number of carbonyl (C=O) groups is 3. The molecule has 1 aromatic rings. The first-order valence-electron chi connectivity index (χ1n) is 6.04. The van der Waals surface area contributed by atoms with E-state index in [1.165, 1.54) is 26.6 Å². The first kappa shape index (κ1) is 17.1. The van der Waals surface area contributed by atoms with Gasteiger partial charge >= 0.3 is 11.9 Å². The fraction of sp³-hybridized carbons (Fsp3) is 0.385. The van der Waals surface area contributed by atoms with E-state index >= 15 is 0 Å². The summed E-state index contributed by atoms with van der Waals surface area (Å²) in [6.07, 6.45) is 2.99. The van der Waals surface area contributed by atoms with Crippen LogP contribution in [0.2, 0.25) is 0 Å². The van der Waals surface area contributed by atoms with Gasteiger partial charge in [0.05, 0.1) is 19.8 Å². The first-order chi connectivity index (χ1) is 9.97. The zero-order chi connectivity index (χ0) is 15.8. The van der Waals surface area contributed by atoms with Gasteiger partial charge in [-0.05, 0) is 28.4 Å². The van der Waals surface area contributed by atoms with E-state index in [-0.39, 0.29) is 18.4 Å². The van der Waals surface area contributed by atoms with Gasteiger partial charge in [-0.2, -0.15) is 0 Å².